The number of para-hydroxylation sites is 1. The Labute approximate surface area is 167 Å². The minimum atomic E-state index is -3.85. The smallest absolute Gasteiger partial charge is 0.238 e. The van der Waals surface area contributed by atoms with E-state index in [-0.39, 0.29) is 4.90 Å². The highest BCUT2D eigenvalue weighted by Gasteiger charge is 2.18. The van der Waals surface area contributed by atoms with Crippen molar-refractivity contribution >= 4 is 21.4 Å². The Hall–Kier alpha value is -3.00. The molecule has 140 valence electrons. The molecule has 3 aromatic carbocycles. The van der Waals surface area contributed by atoms with Gasteiger partial charge in [0.05, 0.1) is 10.3 Å². The number of sulfonamides is 1. The molecular weight excluding hydrogens is 392 g/mol. The lowest BCUT2D eigenvalue weighted by molar-refractivity contribution is 0.468. The van der Waals surface area contributed by atoms with Gasteiger partial charge >= 0.3 is 0 Å². The second-order valence-corrected chi connectivity index (χ2v) is 8.38. The molecule has 0 saturated heterocycles. The number of nitrogens with two attached hydrogens (primary N) is 1. The highest BCUT2D eigenvalue weighted by molar-refractivity contribution is 7.89. The molecule has 2 N–H and O–H groups in total. The summed E-state index contributed by atoms with van der Waals surface area (Å²) in [4.78, 5) is 4.50. The number of aromatic nitrogens is 1. The lowest BCUT2D eigenvalue weighted by Gasteiger charge is -2.09. The Morgan fingerprint density at radius 3 is 2.21 bits per heavy atom. The normalized spacial score (nSPS) is 11.3. The maximum Gasteiger partial charge on any atom is 0.238 e. The van der Waals surface area contributed by atoms with Crippen LogP contribution < -0.4 is 9.88 Å². The molecule has 1 heterocycles. The van der Waals surface area contributed by atoms with Crippen LogP contribution in [-0.2, 0) is 10.0 Å². The molecule has 1 aromatic heterocycles. The van der Waals surface area contributed by atoms with E-state index in [0.29, 0.717) is 22.2 Å². The molecule has 0 aliphatic rings. The Bertz CT molecular complexity index is 1220. The van der Waals surface area contributed by atoms with Crippen LogP contribution in [-0.4, -0.2) is 13.4 Å². The fraction of sp³-hybridized carbons (Fsp3) is 0. The van der Waals surface area contributed by atoms with Crippen molar-refractivity contribution in [3.63, 3.8) is 0 Å². The van der Waals surface area contributed by atoms with Crippen molar-refractivity contribution in [1.82, 2.24) is 4.98 Å². The molecule has 0 amide bonds. The van der Waals surface area contributed by atoms with E-state index >= 15 is 0 Å². The van der Waals surface area contributed by atoms with Gasteiger partial charge in [-0.05, 0) is 17.7 Å². The van der Waals surface area contributed by atoms with Gasteiger partial charge in [-0.15, -0.1) is 11.3 Å². The first-order valence-electron chi connectivity index (χ1n) is 8.42. The number of hydrogen-bond donors (Lipinski definition) is 1. The highest BCUT2D eigenvalue weighted by atomic mass is 32.2. The second-order valence-electron chi connectivity index (χ2n) is 6.00. The third-order valence-corrected chi connectivity index (χ3v) is 5.92. The summed E-state index contributed by atoms with van der Waals surface area (Å²) in [6.07, 6.45) is 0. The van der Waals surface area contributed by atoms with E-state index in [9.17, 15) is 8.42 Å². The molecule has 0 aliphatic carbocycles. The summed E-state index contributed by atoms with van der Waals surface area (Å²) in [5, 5.41) is 7.60. The van der Waals surface area contributed by atoms with Crippen LogP contribution in [0.25, 0.3) is 21.7 Å². The minimum absolute atomic E-state index is 0.0422. The first-order chi connectivity index (χ1) is 13.5. The minimum Gasteiger partial charge on any atom is -0.437 e. The van der Waals surface area contributed by atoms with E-state index in [0.717, 1.165) is 11.1 Å². The van der Waals surface area contributed by atoms with Gasteiger partial charge in [-0.25, -0.2) is 18.5 Å². The van der Waals surface area contributed by atoms with Gasteiger partial charge in [-0.1, -0.05) is 66.7 Å². The third kappa shape index (κ3) is 3.82. The molecular formula is C21H16N2O3S2. The molecule has 0 aliphatic heterocycles. The zero-order chi connectivity index (χ0) is 19.6. The lowest BCUT2D eigenvalue weighted by Crippen LogP contribution is -2.13. The maximum absolute atomic E-state index is 11.8. The Balaban J connectivity index is 1.69. The third-order valence-electron chi connectivity index (χ3n) is 4.09. The molecule has 0 bridgehead atoms. The predicted octanol–water partition coefficient (Wildman–Crippen LogP) is 4.92. The number of primary sulfonamides is 1. The van der Waals surface area contributed by atoms with Gasteiger partial charge in [-0.2, -0.15) is 0 Å². The number of ether oxygens (including phenoxy) is 1. The number of rotatable bonds is 5. The van der Waals surface area contributed by atoms with Crippen LogP contribution in [0.3, 0.4) is 0 Å². The topological polar surface area (TPSA) is 82.3 Å². The largest absolute Gasteiger partial charge is 0.437 e. The average molecular weight is 409 g/mol. The first-order valence-corrected chi connectivity index (χ1v) is 10.8. The Morgan fingerprint density at radius 1 is 0.821 bits per heavy atom. The highest BCUT2D eigenvalue weighted by Crippen LogP contribution is 2.36. The van der Waals surface area contributed by atoms with Gasteiger partial charge in [0, 0.05) is 11.1 Å². The summed E-state index contributed by atoms with van der Waals surface area (Å²) in [5.74, 6) is 1.07. The van der Waals surface area contributed by atoms with E-state index in [2.05, 4.69) is 4.98 Å². The summed E-state index contributed by atoms with van der Waals surface area (Å²) in [7, 11) is -3.85. The molecule has 0 fully saturated rings. The van der Waals surface area contributed by atoms with E-state index in [4.69, 9.17) is 9.88 Å². The molecule has 4 aromatic rings. The molecule has 0 saturated carbocycles. The van der Waals surface area contributed by atoms with E-state index in [1.807, 2.05) is 54.6 Å². The van der Waals surface area contributed by atoms with Gasteiger partial charge in [0.15, 0.2) is 0 Å². The van der Waals surface area contributed by atoms with Crippen LogP contribution in [0.5, 0.6) is 11.6 Å². The summed E-state index contributed by atoms with van der Waals surface area (Å²) < 4.78 is 29.7. The van der Waals surface area contributed by atoms with Crippen LogP contribution in [0, 0.1) is 0 Å². The van der Waals surface area contributed by atoms with Crippen molar-refractivity contribution in [2.24, 2.45) is 5.14 Å². The number of thiazole rings is 1. The van der Waals surface area contributed by atoms with Crippen molar-refractivity contribution < 1.29 is 13.2 Å². The quantitative estimate of drug-likeness (QED) is 0.508. The van der Waals surface area contributed by atoms with Crippen molar-refractivity contribution in [3.05, 3.63) is 84.2 Å². The van der Waals surface area contributed by atoms with Crippen LogP contribution in [0.15, 0.2) is 89.1 Å². The summed E-state index contributed by atoms with van der Waals surface area (Å²) in [5.41, 5.74) is 2.44. The second kappa shape index (κ2) is 7.55. The standard InChI is InChI=1S/C21H16N2O3S2/c22-28(24,25)19-13-7-5-11-17(19)21-23-20(14-27-21)26-18-12-6-4-10-16(18)15-8-2-1-3-9-15/h1-14H,(H2,22,24,25). The fourth-order valence-electron chi connectivity index (χ4n) is 2.85. The Kier molecular flexibility index (Phi) is 4.95. The van der Waals surface area contributed by atoms with Crippen molar-refractivity contribution in [1.29, 1.82) is 0 Å². The monoisotopic (exact) mass is 408 g/mol. The van der Waals surface area contributed by atoms with E-state index in [1.54, 1.807) is 23.6 Å². The maximum atomic E-state index is 11.8. The molecule has 0 atom stereocenters. The molecule has 4 rings (SSSR count). The van der Waals surface area contributed by atoms with Gasteiger partial charge in [-0.3, -0.25) is 0 Å². The predicted molar refractivity (Wildman–Crippen MR) is 111 cm³/mol. The summed E-state index contributed by atoms with van der Waals surface area (Å²) >= 11 is 1.30. The van der Waals surface area contributed by atoms with Crippen molar-refractivity contribution in [3.8, 4) is 33.3 Å². The number of hydrogen-bond acceptors (Lipinski definition) is 5. The van der Waals surface area contributed by atoms with E-state index in [1.165, 1.54) is 17.4 Å². The SMILES string of the molecule is NS(=O)(=O)c1ccccc1-c1nc(Oc2ccccc2-c2ccccc2)cs1. The molecule has 0 spiro atoms. The number of benzene rings is 3. The van der Waals surface area contributed by atoms with Crippen LogP contribution in [0.4, 0.5) is 0 Å². The Morgan fingerprint density at radius 2 is 1.46 bits per heavy atom. The summed E-state index contributed by atoms with van der Waals surface area (Å²) in [6.45, 7) is 0. The summed E-state index contributed by atoms with van der Waals surface area (Å²) in [6, 6.07) is 24.1. The molecule has 5 nitrogen and oxygen atoms in total. The zero-order valence-corrected chi connectivity index (χ0v) is 16.3. The first kappa shape index (κ1) is 18.4. The van der Waals surface area contributed by atoms with E-state index < -0.39 is 10.0 Å². The van der Waals surface area contributed by atoms with Crippen molar-refractivity contribution in [2.75, 3.05) is 0 Å². The van der Waals surface area contributed by atoms with Gasteiger partial charge in [0.25, 0.3) is 0 Å². The lowest BCUT2D eigenvalue weighted by atomic mass is 10.1. The van der Waals surface area contributed by atoms with Crippen molar-refractivity contribution in [2.45, 2.75) is 4.90 Å². The molecule has 0 unspecified atom stereocenters. The fourth-order valence-corrected chi connectivity index (χ4v) is 4.41. The van der Waals surface area contributed by atoms with Crippen LogP contribution in [0.2, 0.25) is 0 Å². The molecule has 7 heteroatoms. The molecule has 28 heavy (non-hydrogen) atoms. The van der Waals surface area contributed by atoms with Gasteiger partial charge in [0.1, 0.15) is 10.8 Å². The van der Waals surface area contributed by atoms with Crippen LogP contribution >= 0.6 is 11.3 Å². The number of nitrogens with zero attached hydrogens (tertiary/aromatic N) is 1. The molecule has 0 radical (unpaired) electrons. The van der Waals surface area contributed by atoms with Gasteiger partial charge in [0.2, 0.25) is 15.9 Å². The van der Waals surface area contributed by atoms with Crippen LogP contribution in [0.1, 0.15) is 0 Å². The average Bonchev–Trinajstić information content (AvgIpc) is 3.17. The zero-order valence-electron chi connectivity index (χ0n) is 14.6. The van der Waals surface area contributed by atoms with Gasteiger partial charge < -0.3 is 4.74 Å².